The summed E-state index contributed by atoms with van der Waals surface area (Å²) < 4.78 is 1.82. The summed E-state index contributed by atoms with van der Waals surface area (Å²) in [6.45, 7) is 2.01. The molecule has 0 aromatic carbocycles. The number of hydrogen-bond acceptors (Lipinski definition) is 2. The highest BCUT2D eigenvalue weighted by Gasteiger charge is 2.12. The lowest BCUT2D eigenvalue weighted by Crippen LogP contribution is -2.26. The van der Waals surface area contributed by atoms with Crippen LogP contribution in [0.5, 0.6) is 0 Å². The third kappa shape index (κ3) is 3.22. The number of aromatic nitrogens is 2. The van der Waals surface area contributed by atoms with Crippen molar-refractivity contribution in [2.45, 2.75) is 45.1 Å². The van der Waals surface area contributed by atoms with E-state index in [-0.39, 0.29) is 0 Å². The van der Waals surface area contributed by atoms with Crippen LogP contribution in [0.3, 0.4) is 0 Å². The number of nitrogens with zero attached hydrogens (tertiary/aromatic N) is 3. The third-order valence-electron chi connectivity index (χ3n) is 3.27. The molecule has 94 valence electrons. The second-order valence-corrected chi connectivity index (χ2v) is 4.73. The van der Waals surface area contributed by atoms with Crippen molar-refractivity contribution in [3.05, 3.63) is 11.8 Å². The zero-order chi connectivity index (χ0) is 12.3. The Hall–Kier alpha value is -1.52. The third-order valence-corrected chi connectivity index (χ3v) is 3.27. The standard InChI is InChI=1S/C12H21N5/c1-9-8-11(16-17(9)2)15-12(13)14-10-6-4-3-5-7-10/h8,10H,3-7H2,1-2H3,(H3,13,14,15,16). The lowest BCUT2D eigenvalue weighted by Gasteiger charge is -2.18. The molecule has 1 aromatic rings. The highest BCUT2D eigenvalue weighted by atomic mass is 15.3. The summed E-state index contributed by atoms with van der Waals surface area (Å²) in [5.41, 5.74) is 6.98. The van der Waals surface area contributed by atoms with Gasteiger partial charge in [-0.3, -0.25) is 4.68 Å². The molecule has 5 heteroatoms. The molecule has 1 aliphatic carbocycles. The van der Waals surface area contributed by atoms with Crippen LogP contribution in [0.1, 0.15) is 37.8 Å². The number of guanidine groups is 1. The van der Waals surface area contributed by atoms with Crippen LogP contribution in [-0.4, -0.2) is 21.8 Å². The average Bonchev–Trinajstić information content (AvgIpc) is 2.59. The Morgan fingerprint density at radius 1 is 1.47 bits per heavy atom. The van der Waals surface area contributed by atoms with E-state index in [0.29, 0.717) is 12.0 Å². The smallest absolute Gasteiger partial charge is 0.194 e. The number of aryl methyl sites for hydroxylation is 2. The Bertz CT molecular complexity index is 382. The number of nitrogens with two attached hydrogens (primary N) is 1. The fourth-order valence-electron chi connectivity index (χ4n) is 2.19. The number of nitrogens with one attached hydrogen (secondary N) is 1. The number of aliphatic imine (C=N–C) groups is 1. The van der Waals surface area contributed by atoms with Gasteiger partial charge in [0.15, 0.2) is 11.8 Å². The molecule has 0 spiro atoms. The topological polar surface area (TPSA) is 68.2 Å². The van der Waals surface area contributed by atoms with Crippen LogP contribution in [0.25, 0.3) is 0 Å². The van der Waals surface area contributed by atoms with Gasteiger partial charge in [-0.1, -0.05) is 19.3 Å². The molecule has 17 heavy (non-hydrogen) atoms. The van der Waals surface area contributed by atoms with E-state index in [0.717, 1.165) is 24.4 Å². The summed E-state index contributed by atoms with van der Waals surface area (Å²) in [6.07, 6.45) is 6.18. The molecule has 0 amide bonds. The van der Waals surface area contributed by atoms with Gasteiger partial charge in [-0.05, 0) is 19.8 Å². The predicted octanol–water partition coefficient (Wildman–Crippen LogP) is 1.79. The van der Waals surface area contributed by atoms with E-state index in [1.165, 1.54) is 19.3 Å². The summed E-state index contributed by atoms with van der Waals surface area (Å²) >= 11 is 0. The van der Waals surface area contributed by atoms with Gasteiger partial charge in [0.05, 0.1) is 6.04 Å². The van der Waals surface area contributed by atoms with Gasteiger partial charge < -0.3 is 11.1 Å². The van der Waals surface area contributed by atoms with E-state index < -0.39 is 0 Å². The quantitative estimate of drug-likeness (QED) is 0.606. The van der Waals surface area contributed by atoms with Gasteiger partial charge in [-0.25, -0.2) is 4.99 Å². The summed E-state index contributed by atoms with van der Waals surface area (Å²) in [5, 5.41) is 7.33. The molecule has 0 atom stereocenters. The van der Waals surface area contributed by atoms with E-state index in [9.17, 15) is 0 Å². The minimum Gasteiger partial charge on any atom is -0.370 e. The first-order valence-corrected chi connectivity index (χ1v) is 6.26. The zero-order valence-electron chi connectivity index (χ0n) is 10.6. The van der Waals surface area contributed by atoms with Crippen LogP contribution in [0.15, 0.2) is 11.1 Å². The van der Waals surface area contributed by atoms with Crippen LogP contribution in [-0.2, 0) is 7.05 Å². The molecule has 1 heterocycles. The van der Waals surface area contributed by atoms with Crippen molar-refractivity contribution >= 4 is 11.8 Å². The Morgan fingerprint density at radius 2 is 2.18 bits per heavy atom. The normalized spacial score (nSPS) is 18.4. The molecule has 2 rings (SSSR count). The number of rotatable bonds is 2. The molecule has 1 aliphatic rings. The monoisotopic (exact) mass is 235 g/mol. The summed E-state index contributed by atoms with van der Waals surface area (Å²) in [7, 11) is 1.91. The molecule has 3 N–H and O–H groups in total. The predicted molar refractivity (Wildman–Crippen MR) is 70.1 cm³/mol. The minimum absolute atomic E-state index is 0.390. The first-order valence-electron chi connectivity index (χ1n) is 6.26. The maximum Gasteiger partial charge on any atom is 0.194 e. The molecular weight excluding hydrogens is 214 g/mol. The van der Waals surface area contributed by atoms with Crippen molar-refractivity contribution in [3.63, 3.8) is 0 Å². The van der Waals surface area contributed by atoms with Crippen molar-refractivity contribution in [2.24, 2.45) is 17.8 Å². The van der Waals surface area contributed by atoms with Crippen molar-refractivity contribution in [1.29, 1.82) is 0 Å². The number of hydrogen-bond donors (Lipinski definition) is 2. The van der Waals surface area contributed by atoms with Crippen LogP contribution < -0.4 is 11.1 Å². The zero-order valence-corrected chi connectivity index (χ0v) is 10.6. The van der Waals surface area contributed by atoms with E-state index >= 15 is 0 Å². The SMILES string of the molecule is Cc1cc(NC(N)=NC2CCCCC2)nn1C. The Morgan fingerprint density at radius 3 is 2.76 bits per heavy atom. The Kier molecular flexibility index (Phi) is 3.66. The second kappa shape index (κ2) is 5.21. The minimum atomic E-state index is 0.390. The van der Waals surface area contributed by atoms with Crippen LogP contribution in [0.4, 0.5) is 5.82 Å². The maximum atomic E-state index is 5.89. The first-order chi connectivity index (χ1) is 8.15. The van der Waals surface area contributed by atoms with Gasteiger partial charge in [0.2, 0.25) is 0 Å². The molecule has 1 aromatic heterocycles. The van der Waals surface area contributed by atoms with Crippen LogP contribution >= 0.6 is 0 Å². The van der Waals surface area contributed by atoms with Gasteiger partial charge in [-0.2, -0.15) is 5.10 Å². The summed E-state index contributed by atoms with van der Waals surface area (Å²) in [5.74, 6) is 1.25. The highest BCUT2D eigenvalue weighted by Crippen LogP contribution is 2.20. The maximum absolute atomic E-state index is 5.89. The molecule has 0 saturated heterocycles. The van der Waals surface area contributed by atoms with Crippen molar-refractivity contribution < 1.29 is 0 Å². The fourth-order valence-corrected chi connectivity index (χ4v) is 2.19. The van der Waals surface area contributed by atoms with E-state index in [1.807, 2.05) is 24.7 Å². The van der Waals surface area contributed by atoms with Gasteiger partial charge in [0, 0.05) is 18.8 Å². The van der Waals surface area contributed by atoms with Gasteiger partial charge in [0.25, 0.3) is 0 Å². The average molecular weight is 235 g/mol. The van der Waals surface area contributed by atoms with E-state index in [1.54, 1.807) is 0 Å². The Balaban J connectivity index is 1.95. The van der Waals surface area contributed by atoms with Gasteiger partial charge in [-0.15, -0.1) is 0 Å². The molecule has 1 fully saturated rings. The van der Waals surface area contributed by atoms with Crippen LogP contribution in [0.2, 0.25) is 0 Å². The van der Waals surface area contributed by atoms with Crippen molar-refractivity contribution in [1.82, 2.24) is 9.78 Å². The summed E-state index contributed by atoms with van der Waals surface area (Å²) in [4.78, 5) is 4.50. The first kappa shape index (κ1) is 12.0. The molecule has 5 nitrogen and oxygen atoms in total. The van der Waals surface area contributed by atoms with Gasteiger partial charge >= 0.3 is 0 Å². The largest absolute Gasteiger partial charge is 0.370 e. The number of anilines is 1. The highest BCUT2D eigenvalue weighted by molar-refractivity contribution is 5.91. The molecular formula is C12H21N5. The molecule has 0 bridgehead atoms. The molecule has 0 radical (unpaired) electrons. The second-order valence-electron chi connectivity index (χ2n) is 4.73. The van der Waals surface area contributed by atoms with Crippen molar-refractivity contribution in [2.75, 3.05) is 5.32 Å². The van der Waals surface area contributed by atoms with E-state index in [4.69, 9.17) is 5.73 Å². The van der Waals surface area contributed by atoms with E-state index in [2.05, 4.69) is 15.4 Å². The molecule has 0 unspecified atom stereocenters. The lowest BCUT2D eigenvalue weighted by molar-refractivity contribution is 0.443. The Labute approximate surface area is 102 Å². The summed E-state index contributed by atoms with van der Waals surface area (Å²) in [6, 6.07) is 2.35. The lowest BCUT2D eigenvalue weighted by atomic mass is 9.96. The molecule has 1 saturated carbocycles. The molecule has 0 aliphatic heterocycles. The fraction of sp³-hybridized carbons (Fsp3) is 0.667. The van der Waals surface area contributed by atoms with Crippen molar-refractivity contribution in [3.8, 4) is 0 Å². The van der Waals surface area contributed by atoms with Gasteiger partial charge in [0.1, 0.15) is 0 Å². The van der Waals surface area contributed by atoms with Crippen LogP contribution in [0, 0.1) is 6.92 Å².